The second-order valence-electron chi connectivity index (χ2n) is 6.55. The summed E-state index contributed by atoms with van der Waals surface area (Å²) >= 11 is 0. The molecule has 29 heavy (non-hydrogen) atoms. The predicted octanol–water partition coefficient (Wildman–Crippen LogP) is 0.434. The minimum Gasteiger partial charge on any atom is -0.463 e. The highest BCUT2D eigenvalue weighted by Crippen LogP contribution is 2.35. The van der Waals surface area contributed by atoms with Gasteiger partial charge in [0.05, 0.1) is 11.1 Å². The van der Waals surface area contributed by atoms with Crippen molar-refractivity contribution < 1.29 is 42.9 Å². The molecule has 154 valence electrons. The van der Waals surface area contributed by atoms with Crippen molar-refractivity contribution in [3.63, 3.8) is 0 Å². The van der Waals surface area contributed by atoms with E-state index in [1.165, 1.54) is 19.1 Å². The second-order valence-corrected chi connectivity index (χ2v) is 6.55. The Morgan fingerprint density at radius 2 is 1.48 bits per heavy atom. The maximum absolute atomic E-state index is 12.9. The van der Waals surface area contributed by atoms with E-state index in [1.54, 1.807) is 12.1 Å². The number of hydrogen-bond acceptors (Lipinski definition) is 9. The fraction of sp³-hybridized carbons (Fsp3) is 0.421. The molecule has 2 aliphatic heterocycles. The molecule has 0 aromatic heterocycles. The predicted molar refractivity (Wildman–Crippen MR) is 93.3 cm³/mol. The van der Waals surface area contributed by atoms with Gasteiger partial charge >= 0.3 is 17.9 Å². The Labute approximate surface area is 165 Å². The third-order valence-corrected chi connectivity index (χ3v) is 4.45. The molecule has 10 heteroatoms. The van der Waals surface area contributed by atoms with Crippen molar-refractivity contribution in [2.24, 2.45) is 0 Å². The number of rotatable bonds is 5. The SMILES string of the molecule is CC(=O)OC[C@H]1O[C@@H](OC(C)=O)[C@H](OC(C)=O)[C@@H]1N1C(=O)c2ccccc2C1=O. The number of imide groups is 1. The van der Waals surface area contributed by atoms with Crippen molar-refractivity contribution in [1.29, 1.82) is 0 Å². The van der Waals surface area contributed by atoms with Crippen molar-refractivity contribution >= 4 is 29.7 Å². The maximum Gasteiger partial charge on any atom is 0.305 e. The van der Waals surface area contributed by atoms with E-state index in [9.17, 15) is 24.0 Å². The van der Waals surface area contributed by atoms with E-state index in [0.717, 1.165) is 18.7 Å². The molecule has 0 aliphatic carbocycles. The van der Waals surface area contributed by atoms with Crippen LogP contribution in [0.1, 0.15) is 41.5 Å². The van der Waals surface area contributed by atoms with Crippen molar-refractivity contribution in [3.8, 4) is 0 Å². The smallest absolute Gasteiger partial charge is 0.305 e. The summed E-state index contributed by atoms with van der Waals surface area (Å²) in [5.74, 6) is -3.30. The molecule has 2 amide bonds. The first-order valence-electron chi connectivity index (χ1n) is 8.81. The number of fused-ring (bicyclic) bond motifs is 1. The highest BCUT2D eigenvalue weighted by molar-refractivity contribution is 6.21. The van der Waals surface area contributed by atoms with Gasteiger partial charge in [0, 0.05) is 20.8 Å². The molecule has 0 spiro atoms. The average molecular weight is 405 g/mol. The quantitative estimate of drug-likeness (QED) is 0.389. The first-order chi connectivity index (χ1) is 13.7. The van der Waals surface area contributed by atoms with E-state index in [-0.39, 0.29) is 17.7 Å². The van der Waals surface area contributed by atoms with Gasteiger partial charge in [0.15, 0.2) is 6.10 Å². The lowest BCUT2D eigenvalue weighted by atomic mass is 10.1. The molecule has 0 bridgehead atoms. The van der Waals surface area contributed by atoms with Crippen LogP contribution in [0, 0.1) is 0 Å². The van der Waals surface area contributed by atoms with Gasteiger partial charge in [0.2, 0.25) is 6.29 Å². The van der Waals surface area contributed by atoms with Crippen LogP contribution < -0.4 is 0 Å². The number of carbonyl (C=O) groups excluding carboxylic acids is 5. The zero-order chi connectivity index (χ0) is 21.3. The molecule has 4 atom stereocenters. The van der Waals surface area contributed by atoms with Gasteiger partial charge in [-0.05, 0) is 12.1 Å². The van der Waals surface area contributed by atoms with Crippen molar-refractivity contribution in [2.75, 3.05) is 6.61 Å². The molecule has 0 saturated carbocycles. The van der Waals surface area contributed by atoms with Crippen LogP contribution in [0.2, 0.25) is 0 Å². The first-order valence-corrected chi connectivity index (χ1v) is 8.81. The van der Waals surface area contributed by atoms with Gasteiger partial charge in [0.1, 0.15) is 18.8 Å². The summed E-state index contributed by atoms with van der Waals surface area (Å²) in [4.78, 5) is 61.1. The third-order valence-electron chi connectivity index (χ3n) is 4.45. The van der Waals surface area contributed by atoms with Crippen molar-refractivity contribution in [2.45, 2.75) is 45.3 Å². The Balaban J connectivity index is 2.00. The molecule has 1 aromatic carbocycles. The van der Waals surface area contributed by atoms with Gasteiger partial charge in [0.25, 0.3) is 11.8 Å². The molecule has 1 saturated heterocycles. The van der Waals surface area contributed by atoms with Gasteiger partial charge in [-0.25, -0.2) is 0 Å². The van der Waals surface area contributed by atoms with E-state index in [0.29, 0.717) is 0 Å². The Morgan fingerprint density at radius 1 is 0.931 bits per heavy atom. The minimum atomic E-state index is -1.38. The van der Waals surface area contributed by atoms with E-state index in [1.807, 2.05) is 0 Å². The van der Waals surface area contributed by atoms with Gasteiger partial charge in [-0.1, -0.05) is 12.1 Å². The summed E-state index contributed by atoms with van der Waals surface area (Å²) in [5, 5.41) is 0. The lowest BCUT2D eigenvalue weighted by Gasteiger charge is -2.29. The summed E-state index contributed by atoms with van der Waals surface area (Å²) in [6.45, 7) is 3.09. The normalized spacial score (nSPS) is 25.6. The topological polar surface area (TPSA) is 126 Å². The van der Waals surface area contributed by atoms with E-state index in [2.05, 4.69) is 0 Å². The van der Waals surface area contributed by atoms with Gasteiger partial charge in [-0.3, -0.25) is 28.9 Å². The standard InChI is InChI=1S/C19H19NO9/c1-9(21)26-8-14-15(16(27-10(2)22)19(29-14)28-11(3)23)20-17(24)12-6-4-5-7-13(12)18(20)25/h4-7,14-16,19H,8H2,1-3H3/t14-,15-,16-,19-/m1/s1. The molecular formula is C19H19NO9. The zero-order valence-electron chi connectivity index (χ0n) is 15.9. The summed E-state index contributed by atoms with van der Waals surface area (Å²) in [5.41, 5.74) is 0.363. The molecule has 10 nitrogen and oxygen atoms in total. The largest absolute Gasteiger partial charge is 0.463 e. The second kappa shape index (κ2) is 8.00. The summed E-state index contributed by atoms with van der Waals surface area (Å²) in [6, 6.07) is 5.05. The van der Waals surface area contributed by atoms with Crippen LogP contribution in [0.15, 0.2) is 24.3 Å². The number of ether oxygens (including phenoxy) is 4. The molecule has 1 aromatic rings. The van der Waals surface area contributed by atoms with Crippen molar-refractivity contribution in [3.05, 3.63) is 35.4 Å². The van der Waals surface area contributed by atoms with Gasteiger partial charge in [-0.15, -0.1) is 0 Å². The lowest BCUT2D eigenvalue weighted by Crippen LogP contribution is -2.53. The number of esters is 3. The average Bonchev–Trinajstić information content (AvgIpc) is 3.08. The van der Waals surface area contributed by atoms with Crippen LogP contribution in [0.5, 0.6) is 0 Å². The maximum atomic E-state index is 12.9. The number of carbonyl (C=O) groups is 5. The Kier molecular flexibility index (Phi) is 5.64. The summed E-state index contributed by atoms with van der Waals surface area (Å²) in [7, 11) is 0. The molecule has 2 heterocycles. The zero-order valence-corrected chi connectivity index (χ0v) is 15.9. The van der Waals surface area contributed by atoms with Crippen LogP contribution in [0.3, 0.4) is 0 Å². The van der Waals surface area contributed by atoms with Crippen molar-refractivity contribution in [1.82, 2.24) is 4.90 Å². The molecule has 1 fully saturated rings. The Hall–Kier alpha value is -3.27. The monoisotopic (exact) mass is 405 g/mol. The third kappa shape index (κ3) is 3.97. The number of hydrogen-bond donors (Lipinski definition) is 0. The highest BCUT2D eigenvalue weighted by Gasteiger charge is 2.56. The molecule has 0 radical (unpaired) electrons. The van der Waals surface area contributed by atoms with Gasteiger partial charge in [-0.2, -0.15) is 0 Å². The van der Waals surface area contributed by atoms with Crippen LogP contribution in [-0.2, 0) is 33.3 Å². The van der Waals surface area contributed by atoms with Crippen LogP contribution in [0.4, 0.5) is 0 Å². The van der Waals surface area contributed by atoms with E-state index >= 15 is 0 Å². The molecule has 2 aliphatic rings. The fourth-order valence-corrected chi connectivity index (χ4v) is 3.41. The van der Waals surface area contributed by atoms with E-state index < -0.39 is 54.3 Å². The first kappa shape index (κ1) is 20.5. The van der Waals surface area contributed by atoms with Crippen LogP contribution >= 0.6 is 0 Å². The Bertz CT molecular complexity index is 845. The lowest BCUT2D eigenvalue weighted by molar-refractivity contribution is -0.196. The summed E-state index contributed by atoms with van der Waals surface area (Å²) in [6.07, 6.45) is -3.75. The molecule has 0 unspecified atom stereocenters. The highest BCUT2D eigenvalue weighted by atomic mass is 16.7. The van der Waals surface area contributed by atoms with Crippen LogP contribution in [0.25, 0.3) is 0 Å². The number of benzene rings is 1. The fourth-order valence-electron chi connectivity index (χ4n) is 3.41. The number of nitrogens with zero attached hydrogens (tertiary/aromatic N) is 1. The van der Waals surface area contributed by atoms with Crippen LogP contribution in [-0.4, -0.2) is 65.8 Å². The van der Waals surface area contributed by atoms with Gasteiger partial charge < -0.3 is 18.9 Å². The molecular weight excluding hydrogens is 386 g/mol. The summed E-state index contributed by atoms with van der Waals surface area (Å²) < 4.78 is 20.9. The van der Waals surface area contributed by atoms with E-state index in [4.69, 9.17) is 18.9 Å². The number of amides is 2. The Morgan fingerprint density at radius 3 is 1.97 bits per heavy atom. The molecule has 3 rings (SSSR count). The molecule has 0 N–H and O–H groups in total. The minimum absolute atomic E-state index is 0.182.